The molecule has 0 radical (unpaired) electrons. The molecule has 3 aromatic carbocycles. The van der Waals surface area contributed by atoms with E-state index in [-0.39, 0.29) is 11.4 Å². The van der Waals surface area contributed by atoms with Crippen LogP contribution in [0.2, 0.25) is 0 Å². The van der Waals surface area contributed by atoms with Crippen LogP contribution in [0.15, 0.2) is 71.1 Å². The first-order valence-electron chi connectivity index (χ1n) is 7.82. The summed E-state index contributed by atoms with van der Waals surface area (Å²) in [6, 6.07) is 16.2. The molecule has 4 nitrogen and oxygen atoms in total. The Morgan fingerprint density at radius 2 is 1.73 bits per heavy atom. The van der Waals surface area contributed by atoms with Crippen LogP contribution in [0.3, 0.4) is 0 Å². The number of hydrogen-bond acceptors (Lipinski definition) is 3. The fourth-order valence-electron chi connectivity index (χ4n) is 2.55. The average molecular weight is 350 g/mol. The lowest BCUT2D eigenvalue weighted by Gasteiger charge is -2.04. The van der Waals surface area contributed by atoms with Crippen LogP contribution in [0.25, 0.3) is 22.6 Å². The highest BCUT2D eigenvalue weighted by molar-refractivity contribution is 6.04. The molecule has 0 unspecified atom stereocenters. The summed E-state index contributed by atoms with van der Waals surface area (Å²) in [6.07, 6.45) is 0. The number of nitrogens with one attached hydrogen (secondary N) is 1. The first kappa shape index (κ1) is 16.0. The Morgan fingerprint density at radius 3 is 2.50 bits per heavy atom. The largest absolute Gasteiger partial charge is 0.436 e. The Labute approximate surface area is 147 Å². The molecular weight excluding hydrogens is 338 g/mol. The van der Waals surface area contributed by atoms with E-state index in [4.69, 9.17) is 4.42 Å². The van der Waals surface area contributed by atoms with Crippen molar-refractivity contribution in [1.29, 1.82) is 0 Å². The van der Waals surface area contributed by atoms with Crippen molar-refractivity contribution in [3.05, 3.63) is 83.9 Å². The van der Waals surface area contributed by atoms with Gasteiger partial charge in [-0.2, -0.15) is 0 Å². The fourth-order valence-corrected chi connectivity index (χ4v) is 2.55. The number of halogens is 2. The fraction of sp³-hybridized carbons (Fsp3) is 0. The van der Waals surface area contributed by atoms with Gasteiger partial charge in [-0.15, -0.1) is 0 Å². The van der Waals surface area contributed by atoms with Crippen molar-refractivity contribution in [2.24, 2.45) is 0 Å². The Balaban J connectivity index is 1.61. The summed E-state index contributed by atoms with van der Waals surface area (Å²) in [6.45, 7) is 0. The van der Waals surface area contributed by atoms with Crippen LogP contribution < -0.4 is 5.32 Å². The molecule has 0 saturated heterocycles. The molecule has 0 saturated carbocycles. The maximum absolute atomic E-state index is 13.2. The first-order valence-corrected chi connectivity index (χ1v) is 7.82. The molecule has 128 valence electrons. The van der Waals surface area contributed by atoms with E-state index in [2.05, 4.69) is 10.3 Å². The van der Waals surface area contributed by atoms with Crippen molar-refractivity contribution in [3.8, 4) is 11.5 Å². The number of oxazole rings is 1. The molecule has 4 rings (SSSR count). The normalized spacial score (nSPS) is 10.8. The van der Waals surface area contributed by atoms with Crippen molar-refractivity contribution in [2.45, 2.75) is 0 Å². The number of nitrogens with zero attached hydrogens (tertiary/aromatic N) is 1. The van der Waals surface area contributed by atoms with Crippen molar-refractivity contribution in [1.82, 2.24) is 4.98 Å². The predicted molar refractivity (Wildman–Crippen MR) is 93.8 cm³/mol. The van der Waals surface area contributed by atoms with Gasteiger partial charge in [0.05, 0.1) is 0 Å². The Bertz CT molecular complexity index is 1100. The molecule has 0 aliphatic rings. The van der Waals surface area contributed by atoms with Gasteiger partial charge in [-0.05, 0) is 60.7 Å². The molecule has 0 fully saturated rings. The van der Waals surface area contributed by atoms with Gasteiger partial charge >= 0.3 is 0 Å². The maximum atomic E-state index is 13.2. The van der Waals surface area contributed by atoms with E-state index in [1.54, 1.807) is 30.3 Å². The molecule has 1 N–H and O–H groups in total. The minimum absolute atomic E-state index is 0.220. The molecule has 0 atom stereocenters. The quantitative estimate of drug-likeness (QED) is 0.564. The van der Waals surface area contributed by atoms with Crippen LogP contribution in [-0.2, 0) is 0 Å². The monoisotopic (exact) mass is 350 g/mol. The minimum Gasteiger partial charge on any atom is -0.436 e. The number of carbonyl (C=O) groups is 1. The number of amides is 1. The number of aromatic nitrogens is 1. The maximum Gasteiger partial charge on any atom is 0.255 e. The zero-order valence-electron chi connectivity index (χ0n) is 13.4. The highest BCUT2D eigenvalue weighted by Crippen LogP contribution is 2.26. The van der Waals surface area contributed by atoms with E-state index in [1.165, 1.54) is 30.3 Å². The molecule has 0 aliphatic carbocycles. The third-order valence-electron chi connectivity index (χ3n) is 3.82. The summed E-state index contributed by atoms with van der Waals surface area (Å²) in [5.41, 5.74) is 2.45. The Hall–Kier alpha value is -3.54. The van der Waals surface area contributed by atoms with Gasteiger partial charge in [0.2, 0.25) is 5.89 Å². The van der Waals surface area contributed by atoms with Gasteiger partial charge in [0.1, 0.15) is 17.2 Å². The molecule has 0 spiro atoms. The van der Waals surface area contributed by atoms with Gasteiger partial charge in [-0.25, -0.2) is 13.8 Å². The number of rotatable bonds is 3. The van der Waals surface area contributed by atoms with Crippen molar-refractivity contribution < 1.29 is 18.0 Å². The summed E-state index contributed by atoms with van der Waals surface area (Å²) in [7, 11) is 0. The van der Waals surface area contributed by atoms with Crippen molar-refractivity contribution in [3.63, 3.8) is 0 Å². The summed E-state index contributed by atoms with van der Waals surface area (Å²) in [5, 5.41) is 2.70. The molecule has 4 aromatic rings. The number of anilines is 1. The lowest BCUT2D eigenvalue weighted by molar-refractivity contribution is 0.102. The molecule has 0 bridgehead atoms. The van der Waals surface area contributed by atoms with E-state index in [0.29, 0.717) is 28.2 Å². The predicted octanol–water partition coefficient (Wildman–Crippen LogP) is 5.03. The van der Waals surface area contributed by atoms with E-state index in [1.807, 2.05) is 0 Å². The standard InChI is InChI=1S/C20H12F2N2O2/c21-14-6-4-12(5-7-14)20-24-17-11-16(8-9-18(17)26-20)23-19(25)13-2-1-3-15(22)10-13/h1-11H,(H,23,25). The lowest BCUT2D eigenvalue weighted by atomic mass is 10.2. The van der Waals surface area contributed by atoms with Crippen molar-refractivity contribution in [2.75, 3.05) is 5.32 Å². The molecule has 26 heavy (non-hydrogen) atoms. The lowest BCUT2D eigenvalue weighted by Crippen LogP contribution is -2.11. The molecule has 6 heteroatoms. The van der Waals surface area contributed by atoms with Crippen LogP contribution in [0.4, 0.5) is 14.5 Å². The topological polar surface area (TPSA) is 55.1 Å². The highest BCUT2D eigenvalue weighted by Gasteiger charge is 2.11. The van der Waals surface area contributed by atoms with Gasteiger partial charge in [-0.1, -0.05) is 6.07 Å². The number of fused-ring (bicyclic) bond motifs is 1. The van der Waals surface area contributed by atoms with E-state index in [9.17, 15) is 13.6 Å². The van der Waals surface area contributed by atoms with Gasteiger partial charge in [0, 0.05) is 16.8 Å². The molecular formula is C20H12F2N2O2. The number of hydrogen-bond donors (Lipinski definition) is 1. The molecule has 1 aromatic heterocycles. The van der Waals surface area contributed by atoms with Crippen LogP contribution in [0, 0.1) is 11.6 Å². The third kappa shape index (κ3) is 3.17. The van der Waals surface area contributed by atoms with E-state index in [0.717, 1.165) is 6.07 Å². The Morgan fingerprint density at radius 1 is 0.923 bits per heavy atom. The van der Waals surface area contributed by atoms with Crippen LogP contribution in [0.1, 0.15) is 10.4 Å². The van der Waals surface area contributed by atoms with E-state index < -0.39 is 11.7 Å². The van der Waals surface area contributed by atoms with Crippen LogP contribution in [-0.4, -0.2) is 10.9 Å². The molecule has 1 amide bonds. The van der Waals surface area contributed by atoms with Crippen LogP contribution in [0.5, 0.6) is 0 Å². The van der Waals surface area contributed by atoms with Crippen molar-refractivity contribution >= 4 is 22.7 Å². The Kier molecular flexibility index (Phi) is 3.93. The van der Waals surface area contributed by atoms with Gasteiger partial charge in [0.25, 0.3) is 5.91 Å². The van der Waals surface area contributed by atoms with Crippen LogP contribution >= 0.6 is 0 Å². The van der Waals surface area contributed by atoms with Gasteiger partial charge < -0.3 is 9.73 Å². The number of benzene rings is 3. The average Bonchev–Trinajstić information content (AvgIpc) is 3.05. The summed E-state index contributed by atoms with van der Waals surface area (Å²) in [5.74, 6) is -0.888. The minimum atomic E-state index is -0.478. The first-order chi connectivity index (χ1) is 12.6. The smallest absolute Gasteiger partial charge is 0.255 e. The van der Waals surface area contributed by atoms with E-state index >= 15 is 0 Å². The second-order valence-corrected chi connectivity index (χ2v) is 5.67. The zero-order valence-corrected chi connectivity index (χ0v) is 13.4. The number of carbonyl (C=O) groups excluding carboxylic acids is 1. The third-order valence-corrected chi connectivity index (χ3v) is 3.82. The second-order valence-electron chi connectivity index (χ2n) is 5.67. The molecule has 0 aliphatic heterocycles. The zero-order chi connectivity index (χ0) is 18.1. The summed E-state index contributed by atoms with van der Waals surface area (Å²) >= 11 is 0. The SMILES string of the molecule is O=C(Nc1ccc2oc(-c3ccc(F)cc3)nc2c1)c1cccc(F)c1. The summed E-state index contributed by atoms with van der Waals surface area (Å²) in [4.78, 5) is 16.6. The highest BCUT2D eigenvalue weighted by atomic mass is 19.1. The molecule has 1 heterocycles. The summed E-state index contributed by atoms with van der Waals surface area (Å²) < 4.78 is 31.9. The second kappa shape index (κ2) is 6.40. The van der Waals surface area contributed by atoms with Gasteiger partial charge in [-0.3, -0.25) is 4.79 Å². The van der Waals surface area contributed by atoms with Gasteiger partial charge in [0.15, 0.2) is 5.58 Å².